The first-order valence-corrected chi connectivity index (χ1v) is 4.66. The minimum absolute atomic E-state index is 0.105. The molecule has 5 nitrogen and oxygen atoms in total. The van der Waals surface area contributed by atoms with Gasteiger partial charge in [-0.2, -0.15) is 4.98 Å². The summed E-state index contributed by atoms with van der Waals surface area (Å²) >= 11 is 0. The first-order chi connectivity index (χ1) is 7.26. The highest BCUT2D eigenvalue weighted by molar-refractivity contribution is 5.74. The third-order valence-corrected chi connectivity index (χ3v) is 1.65. The molecule has 0 amide bonds. The van der Waals surface area contributed by atoms with Gasteiger partial charge in [-0.1, -0.05) is 6.07 Å². The Morgan fingerprint density at radius 1 is 1.53 bits per heavy atom. The second kappa shape index (κ2) is 5.85. The average Bonchev–Trinajstić information content (AvgIpc) is 2.27. The monoisotopic (exact) mass is 210 g/mol. The molecule has 0 unspecified atom stereocenters. The Labute approximate surface area is 88.4 Å². The number of carbonyl (C=O) groups is 1. The van der Waals surface area contributed by atoms with Crippen LogP contribution in [0.15, 0.2) is 18.2 Å². The molecule has 0 radical (unpaired) electrons. The van der Waals surface area contributed by atoms with Gasteiger partial charge in [0.15, 0.2) is 0 Å². The molecule has 0 aliphatic carbocycles. The molecule has 0 saturated carbocycles. The smallest absolute Gasteiger partial charge is 0.325 e. The summed E-state index contributed by atoms with van der Waals surface area (Å²) in [6.07, 6.45) is 0. The Morgan fingerprint density at radius 3 is 3.00 bits per heavy atom. The van der Waals surface area contributed by atoms with Crippen molar-refractivity contribution in [2.24, 2.45) is 0 Å². The predicted molar refractivity (Wildman–Crippen MR) is 55.9 cm³/mol. The van der Waals surface area contributed by atoms with Crippen LogP contribution in [0.3, 0.4) is 0 Å². The van der Waals surface area contributed by atoms with E-state index in [2.05, 4.69) is 10.3 Å². The van der Waals surface area contributed by atoms with Gasteiger partial charge in [0.25, 0.3) is 0 Å². The first kappa shape index (κ1) is 11.3. The zero-order chi connectivity index (χ0) is 11.1. The number of ether oxygens (including phenoxy) is 2. The molecule has 0 bridgehead atoms. The number of anilines is 1. The lowest BCUT2D eigenvalue weighted by Gasteiger charge is -2.06. The van der Waals surface area contributed by atoms with Crippen LogP contribution in [0.5, 0.6) is 5.88 Å². The van der Waals surface area contributed by atoms with E-state index in [-0.39, 0.29) is 12.5 Å². The van der Waals surface area contributed by atoms with Gasteiger partial charge in [0.1, 0.15) is 12.4 Å². The Kier molecular flexibility index (Phi) is 4.40. The molecule has 0 aromatic carbocycles. The van der Waals surface area contributed by atoms with Crippen LogP contribution in [-0.4, -0.2) is 31.2 Å². The summed E-state index contributed by atoms with van der Waals surface area (Å²) in [7, 11) is 1.54. The number of nitrogens with one attached hydrogen (secondary N) is 1. The van der Waals surface area contributed by atoms with Crippen molar-refractivity contribution in [1.29, 1.82) is 0 Å². The third-order valence-electron chi connectivity index (χ3n) is 1.65. The van der Waals surface area contributed by atoms with Crippen LogP contribution in [-0.2, 0) is 9.53 Å². The van der Waals surface area contributed by atoms with Gasteiger partial charge < -0.3 is 14.8 Å². The van der Waals surface area contributed by atoms with E-state index in [0.717, 1.165) is 0 Å². The van der Waals surface area contributed by atoms with Crippen molar-refractivity contribution in [2.75, 3.05) is 25.6 Å². The molecule has 15 heavy (non-hydrogen) atoms. The molecule has 5 heteroatoms. The van der Waals surface area contributed by atoms with Crippen LogP contribution in [0.4, 0.5) is 5.82 Å². The maximum atomic E-state index is 11.0. The maximum absolute atomic E-state index is 11.0. The number of nitrogens with zero attached hydrogens (tertiary/aromatic N) is 1. The highest BCUT2D eigenvalue weighted by Crippen LogP contribution is 2.09. The van der Waals surface area contributed by atoms with Crippen molar-refractivity contribution >= 4 is 11.8 Å². The molecule has 1 aromatic rings. The van der Waals surface area contributed by atoms with Crippen molar-refractivity contribution < 1.29 is 14.3 Å². The first-order valence-electron chi connectivity index (χ1n) is 4.66. The second-order valence-corrected chi connectivity index (χ2v) is 2.72. The summed E-state index contributed by atoms with van der Waals surface area (Å²) in [4.78, 5) is 15.1. The summed E-state index contributed by atoms with van der Waals surface area (Å²) in [6.45, 7) is 2.25. The Hall–Kier alpha value is -1.78. The number of rotatable bonds is 5. The fourth-order valence-corrected chi connectivity index (χ4v) is 1.00. The van der Waals surface area contributed by atoms with Crippen molar-refractivity contribution in [3.8, 4) is 5.88 Å². The number of aromatic nitrogens is 1. The minimum Gasteiger partial charge on any atom is -0.481 e. The SMILES string of the molecule is CCOC(=O)CNc1cccc(OC)n1. The molecular formula is C10H14N2O3. The fourth-order valence-electron chi connectivity index (χ4n) is 1.00. The average molecular weight is 210 g/mol. The fraction of sp³-hybridized carbons (Fsp3) is 0.400. The van der Waals surface area contributed by atoms with E-state index in [1.165, 1.54) is 7.11 Å². The number of pyridine rings is 1. The number of esters is 1. The summed E-state index contributed by atoms with van der Waals surface area (Å²) in [5.41, 5.74) is 0. The Balaban J connectivity index is 2.46. The van der Waals surface area contributed by atoms with Crippen molar-refractivity contribution in [1.82, 2.24) is 4.98 Å². The lowest BCUT2D eigenvalue weighted by Crippen LogP contribution is -2.17. The molecule has 0 aliphatic rings. The molecule has 1 rings (SSSR count). The van der Waals surface area contributed by atoms with Gasteiger partial charge >= 0.3 is 5.97 Å². The molecule has 1 heterocycles. The van der Waals surface area contributed by atoms with Crippen LogP contribution in [0.2, 0.25) is 0 Å². The van der Waals surface area contributed by atoms with Gasteiger partial charge in [-0.15, -0.1) is 0 Å². The Morgan fingerprint density at radius 2 is 2.33 bits per heavy atom. The van der Waals surface area contributed by atoms with Gasteiger partial charge in [-0.3, -0.25) is 4.79 Å². The van der Waals surface area contributed by atoms with Crippen molar-refractivity contribution in [3.05, 3.63) is 18.2 Å². The lowest BCUT2D eigenvalue weighted by molar-refractivity contribution is -0.140. The molecule has 0 fully saturated rings. The summed E-state index contributed by atoms with van der Waals surface area (Å²) in [5, 5.41) is 2.84. The molecule has 1 aromatic heterocycles. The van der Waals surface area contributed by atoms with E-state index in [1.54, 1.807) is 25.1 Å². The minimum atomic E-state index is -0.304. The van der Waals surface area contributed by atoms with E-state index >= 15 is 0 Å². The van der Waals surface area contributed by atoms with Crippen molar-refractivity contribution in [2.45, 2.75) is 6.92 Å². The highest BCUT2D eigenvalue weighted by Gasteiger charge is 2.02. The molecule has 0 saturated heterocycles. The zero-order valence-electron chi connectivity index (χ0n) is 8.82. The van der Waals surface area contributed by atoms with E-state index < -0.39 is 0 Å². The zero-order valence-corrected chi connectivity index (χ0v) is 8.82. The molecule has 1 N–H and O–H groups in total. The standard InChI is InChI=1S/C10H14N2O3/c1-3-15-10(13)7-11-8-5-4-6-9(12-8)14-2/h4-6H,3,7H2,1-2H3,(H,11,12). The van der Waals surface area contributed by atoms with Crippen LogP contribution in [0.1, 0.15) is 6.92 Å². The van der Waals surface area contributed by atoms with Crippen LogP contribution in [0.25, 0.3) is 0 Å². The molecule has 82 valence electrons. The summed E-state index contributed by atoms with van der Waals surface area (Å²) in [5.74, 6) is 0.786. The predicted octanol–water partition coefficient (Wildman–Crippen LogP) is 1.07. The topological polar surface area (TPSA) is 60.5 Å². The molecule has 0 spiro atoms. The van der Waals surface area contributed by atoms with Crippen LogP contribution >= 0.6 is 0 Å². The second-order valence-electron chi connectivity index (χ2n) is 2.72. The van der Waals surface area contributed by atoms with Gasteiger partial charge in [0.2, 0.25) is 5.88 Å². The quantitative estimate of drug-likeness (QED) is 0.736. The van der Waals surface area contributed by atoms with E-state index in [1.807, 2.05) is 0 Å². The summed E-state index contributed by atoms with van der Waals surface area (Å²) in [6, 6.07) is 5.27. The van der Waals surface area contributed by atoms with Gasteiger partial charge in [0, 0.05) is 6.07 Å². The molecular weight excluding hydrogens is 196 g/mol. The van der Waals surface area contributed by atoms with Gasteiger partial charge in [-0.25, -0.2) is 0 Å². The number of carbonyl (C=O) groups excluding carboxylic acids is 1. The van der Waals surface area contributed by atoms with Crippen molar-refractivity contribution in [3.63, 3.8) is 0 Å². The van der Waals surface area contributed by atoms with Gasteiger partial charge in [-0.05, 0) is 13.0 Å². The van der Waals surface area contributed by atoms with Crippen LogP contribution < -0.4 is 10.1 Å². The maximum Gasteiger partial charge on any atom is 0.325 e. The molecule has 0 aliphatic heterocycles. The number of hydrogen-bond acceptors (Lipinski definition) is 5. The lowest BCUT2D eigenvalue weighted by atomic mass is 10.4. The normalized spacial score (nSPS) is 9.47. The third kappa shape index (κ3) is 3.84. The van der Waals surface area contributed by atoms with Gasteiger partial charge in [0.05, 0.1) is 13.7 Å². The number of methoxy groups -OCH3 is 1. The number of hydrogen-bond donors (Lipinski definition) is 1. The summed E-state index contributed by atoms with van der Waals surface area (Å²) < 4.78 is 9.70. The van der Waals surface area contributed by atoms with Crippen LogP contribution in [0, 0.1) is 0 Å². The highest BCUT2D eigenvalue weighted by atomic mass is 16.5. The van der Waals surface area contributed by atoms with E-state index in [0.29, 0.717) is 18.3 Å². The van der Waals surface area contributed by atoms with E-state index in [9.17, 15) is 4.79 Å². The largest absolute Gasteiger partial charge is 0.481 e. The molecule has 0 atom stereocenters. The Bertz CT molecular complexity index is 328. The van der Waals surface area contributed by atoms with E-state index in [4.69, 9.17) is 9.47 Å².